The average molecular weight is 392 g/mol. The van der Waals surface area contributed by atoms with Crippen LogP contribution in [0, 0.1) is 10.1 Å². The van der Waals surface area contributed by atoms with Crippen LogP contribution in [0.15, 0.2) is 51.8 Å². The SMILES string of the molecule is O=[N+]([O-])c1ccc(NS(=O)(=O)c2ccc(Cl)c(Br)c2)cc1. The Bertz CT molecular complexity index is 793. The van der Waals surface area contributed by atoms with Crippen LogP contribution in [0.25, 0.3) is 0 Å². The molecule has 6 nitrogen and oxygen atoms in total. The third kappa shape index (κ3) is 3.72. The minimum absolute atomic E-state index is 0.0251. The van der Waals surface area contributed by atoms with E-state index in [2.05, 4.69) is 20.7 Å². The Morgan fingerprint density at radius 2 is 1.76 bits per heavy atom. The molecule has 0 amide bonds. The molecular formula is C12H8BrClN2O4S. The highest BCUT2D eigenvalue weighted by Crippen LogP contribution is 2.26. The molecule has 2 aromatic carbocycles. The number of nitrogens with one attached hydrogen (secondary N) is 1. The van der Waals surface area contributed by atoms with E-state index in [-0.39, 0.29) is 16.3 Å². The van der Waals surface area contributed by atoms with E-state index in [0.717, 1.165) is 0 Å². The van der Waals surface area contributed by atoms with E-state index in [1.807, 2.05) is 0 Å². The van der Waals surface area contributed by atoms with E-state index in [9.17, 15) is 18.5 Å². The monoisotopic (exact) mass is 390 g/mol. The number of anilines is 1. The van der Waals surface area contributed by atoms with Gasteiger partial charge in [-0.15, -0.1) is 0 Å². The van der Waals surface area contributed by atoms with Crippen molar-refractivity contribution in [2.45, 2.75) is 4.90 Å². The predicted molar refractivity (Wildman–Crippen MR) is 83.1 cm³/mol. The lowest BCUT2D eigenvalue weighted by Gasteiger charge is -2.08. The number of hydrogen-bond acceptors (Lipinski definition) is 4. The number of nitro groups is 1. The molecule has 0 saturated heterocycles. The molecule has 0 heterocycles. The van der Waals surface area contributed by atoms with Gasteiger partial charge in [-0.2, -0.15) is 0 Å². The molecule has 1 N–H and O–H groups in total. The van der Waals surface area contributed by atoms with Crippen molar-refractivity contribution in [3.05, 3.63) is 62.1 Å². The van der Waals surface area contributed by atoms with Gasteiger partial charge in [0, 0.05) is 22.3 Å². The van der Waals surface area contributed by atoms with Crippen molar-refractivity contribution in [1.82, 2.24) is 0 Å². The van der Waals surface area contributed by atoms with Crippen molar-refractivity contribution in [2.75, 3.05) is 4.72 Å². The van der Waals surface area contributed by atoms with Gasteiger partial charge < -0.3 is 0 Å². The fourth-order valence-corrected chi connectivity index (χ4v) is 3.24. The van der Waals surface area contributed by atoms with Gasteiger partial charge in [0.25, 0.3) is 15.7 Å². The number of halogens is 2. The smallest absolute Gasteiger partial charge is 0.269 e. The molecular weight excluding hydrogens is 384 g/mol. The molecule has 0 aliphatic rings. The Balaban J connectivity index is 2.28. The zero-order chi connectivity index (χ0) is 15.6. The lowest BCUT2D eigenvalue weighted by Crippen LogP contribution is -2.12. The van der Waals surface area contributed by atoms with Gasteiger partial charge in [0.15, 0.2) is 0 Å². The number of benzene rings is 2. The largest absolute Gasteiger partial charge is 0.280 e. The third-order valence-electron chi connectivity index (χ3n) is 2.53. The summed E-state index contributed by atoms with van der Waals surface area (Å²) in [5, 5.41) is 10.9. The minimum atomic E-state index is -3.79. The number of sulfonamides is 1. The lowest BCUT2D eigenvalue weighted by molar-refractivity contribution is -0.384. The minimum Gasteiger partial charge on any atom is -0.280 e. The number of nitrogens with zero attached hydrogens (tertiary/aromatic N) is 1. The van der Waals surface area contributed by atoms with Gasteiger partial charge in [-0.3, -0.25) is 14.8 Å². The second-order valence-electron chi connectivity index (χ2n) is 3.99. The molecule has 0 aliphatic carbocycles. The van der Waals surface area contributed by atoms with E-state index in [1.54, 1.807) is 0 Å². The van der Waals surface area contributed by atoms with Crippen molar-refractivity contribution in [3.8, 4) is 0 Å². The van der Waals surface area contributed by atoms with Crippen molar-refractivity contribution in [2.24, 2.45) is 0 Å². The Labute approximate surface area is 134 Å². The number of nitro benzene ring substituents is 1. The zero-order valence-electron chi connectivity index (χ0n) is 10.3. The van der Waals surface area contributed by atoms with Crippen molar-refractivity contribution in [1.29, 1.82) is 0 Å². The number of non-ortho nitro benzene ring substituents is 1. The summed E-state index contributed by atoms with van der Waals surface area (Å²) in [7, 11) is -3.79. The van der Waals surface area contributed by atoms with Crippen LogP contribution in [0.4, 0.5) is 11.4 Å². The van der Waals surface area contributed by atoms with Gasteiger partial charge in [0.1, 0.15) is 0 Å². The van der Waals surface area contributed by atoms with Gasteiger partial charge in [-0.25, -0.2) is 8.42 Å². The molecule has 0 radical (unpaired) electrons. The summed E-state index contributed by atoms with van der Waals surface area (Å²) < 4.78 is 27.1. The van der Waals surface area contributed by atoms with E-state index < -0.39 is 14.9 Å². The summed E-state index contributed by atoms with van der Waals surface area (Å²) in [5.41, 5.74) is 0.110. The predicted octanol–water partition coefficient (Wildman–Crippen LogP) is 3.81. The second kappa shape index (κ2) is 6.00. The Morgan fingerprint density at radius 3 is 2.29 bits per heavy atom. The van der Waals surface area contributed by atoms with Crippen LogP contribution >= 0.6 is 27.5 Å². The van der Waals surface area contributed by atoms with Crippen LogP contribution in [-0.4, -0.2) is 13.3 Å². The summed E-state index contributed by atoms with van der Waals surface area (Å²) in [6, 6.07) is 9.26. The normalized spacial score (nSPS) is 11.1. The molecule has 0 spiro atoms. The summed E-state index contributed by atoms with van der Waals surface area (Å²) in [4.78, 5) is 10.0. The first-order chi connectivity index (χ1) is 9.79. The Hall–Kier alpha value is -1.64. The molecule has 21 heavy (non-hydrogen) atoms. The highest BCUT2D eigenvalue weighted by atomic mass is 79.9. The quantitative estimate of drug-likeness (QED) is 0.634. The van der Waals surface area contributed by atoms with Gasteiger partial charge in [0.2, 0.25) is 0 Å². The molecule has 2 aromatic rings. The Kier molecular flexibility index (Phi) is 4.50. The standard InChI is InChI=1S/C12H8BrClN2O4S/c13-11-7-10(5-6-12(11)14)21(19,20)15-8-1-3-9(4-2-8)16(17)18/h1-7,15H. The van der Waals surface area contributed by atoms with E-state index >= 15 is 0 Å². The molecule has 0 unspecified atom stereocenters. The van der Waals surface area contributed by atoms with Gasteiger partial charge in [-0.05, 0) is 46.3 Å². The van der Waals surface area contributed by atoms with E-state index in [0.29, 0.717) is 9.50 Å². The number of hydrogen-bond donors (Lipinski definition) is 1. The average Bonchev–Trinajstić information content (AvgIpc) is 2.42. The molecule has 0 fully saturated rings. The fraction of sp³-hybridized carbons (Fsp3) is 0. The zero-order valence-corrected chi connectivity index (χ0v) is 13.4. The van der Waals surface area contributed by atoms with Gasteiger partial charge in [-0.1, -0.05) is 11.6 Å². The van der Waals surface area contributed by atoms with Crippen LogP contribution in [0.5, 0.6) is 0 Å². The first-order valence-electron chi connectivity index (χ1n) is 5.52. The third-order valence-corrected chi connectivity index (χ3v) is 5.12. The molecule has 110 valence electrons. The van der Waals surface area contributed by atoms with Crippen molar-refractivity contribution in [3.63, 3.8) is 0 Å². The fourth-order valence-electron chi connectivity index (χ4n) is 1.51. The summed E-state index contributed by atoms with van der Waals surface area (Å²) in [6.45, 7) is 0. The second-order valence-corrected chi connectivity index (χ2v) is 6.93. The van der Waals surface area contributed by atoms with Crippen LogP contribution in [0.3, 0.4) is 0 Å². The van der Waals surface area contributed by atoms with Crippen molar-refractivity contribution < 1.29 is 13.3 Å². The number of rotatable bonds is 4. The van der Waals surface area contributed by atoms with Crippen LogP contribution in [-0.2, 0) is 10.0 Å². The molecule has 0 atom stereocenters. The van der Waals surface area contributed by atoms with E-state index in [4.69, 9.17) is 11.6 Å². The van der Waals surface area contributed by atoms with Gasteiger partial charge >= 0.3 is 0 Å². The topological polar surface area (TPSA) is 89.3 Å². The Morgan fingerprint density at radius 1 is 1.14 bits per heavy atom. The maximum atomic E-state index is 12.2. The summed E-state index contributed by atoms with van der Waals surface area (Å²) in [6.07, 6.45) is 0. The van der Waals surface area contributed by atoms with Crippen LogP contribution < -0.4 is 4.72 Å². The molecule has 2 rings (SSSR count). The van der Waals surface area contributed by atoms with Crippen LogP contribution in [0.1, 0.15) is 0 Å². The highest BCUT2D eigenvalue weighted by Gasteiger charge is 2.16. The van der Waals surface area contributed by atoms with Crippen LogP contribution in [0.2, 0.25) is 5.02 Å². The van der Waals surface area contributed by atoms with E-state index in [1.165, 1.54) is 42.5 Å². The first-order valence-corrected chi connectivity index (χ1v) is 8.17. The molecule has 0 aliphatic heterocycles. The van der Waals surface area contributed by atoms with Crippen molar-refractivity contribution >= 4 is 48.9 Å². The molecule has 0 aromatic heterocycles. The molecule has 0 bridgehead atoms. The highest BCUT2D eigenvalue weighted by molar-refractivity contribution is 9.10. The molecule has 0 saturated carbocycles. The lowest BCUT2D eigenvalue weighted by atomic mass is 10.3. The first kappa shape index (κ1) is 15.7. The summed E-state index contributed by atoms with van der Waals surface area (Å²) in [5.74, 6) is 0. The summed E-state index contributed by atoms with van der Waals surface area (Å²) >= 11 is 8.96. The maximum Gasteiger partial charge on any atom is 0.269 e. The maximum absolute atomic E-state index is 12.2. The van der Waals surface area contributed by atoms with Gasteiger partial charge in [0.05, 0.1) is 14.8 Å². The molecule has 9 heteroatoms.